The largest absolute Gasteiger partial charge is 0.469 e. The zero-order valence-corrected chi connectivity index (χ0v) is 9.12. The Morgan fingerprint density at radius 2 is 2.00 bits per heavy atom. The summed E-state index contributed by atoms with van der Waals surface area (Å²) in [5, 5.41) is 0. The number of esters is 1. The number of rotatable bonds is 4. The molecule has 0 amide bonds. The number of methoxy groups -OCH3 is 1. The Hall–Kier alpha value is -0.570. The van der Waals surface area contributed by atoms with Gasteiger partial charge in [0, 0.05) is 0 Å². The molecule has 0 aromatic heterocycles. The third-order valence-corrected chi connectivity index (χ3v) is 2.66. The summed E-state index contributed by atoms with van der Waals surface area (Å²) >= 11 is 0. The van der Waals surface area contributed by atoms with Crippen LogP contribution in [0.25, 0.3) is 0 Å². The SMILES string of the molecule is COC(=O)CC(C)OC1CCCCC1. The fourth-order valence-corrected chi connectivity index (χ4v) is 1.90. The Kier molecular flexibility index (Phi) is 4.94. The highest BCUT2D eigenvalue weighted by Gasteiger charge is 2.18. The lowest BCUT2D eigenvalue weighted by atomic mass is 9.97. The van der Waals surface area contributed by atoms with E-state index in [0.29, 0.717) is 12.5 Å². The minimum absolute atomic E-state index is 0.00875. The zero-order valence-electron chi connectivity index (χ0n) is 9.12. The van der Waals surface area contributed by atoms with Gasteiger partial charge in [-0.3, -0.25) is 4.79 Å². The molecule has 0 saturated heterocycles. The van der Waals surface area contributed by atoms with Crippen LogP contribution in [-0.2, 0) is 14.3 Å². The Balaban J connectivity index is 2.18. The summed E-state index contributed by atoms with van der Waals surface area (Å²) in [6, 6.07) is 0. The second-order valence-corrected chi connectivity index (χ2v) is 3.99. The van der Waals surface area contributed by atoms with Gasteiger partial charge in [0.05, 0.1) is 25.7 Å². The minimum Gasteiger partial charge on any atom is -0.469 e. The van der Waals surface area contributed by atoms with Gasteiger partial charge in [-0.2, -0.15) is 0 Å². The second-order valence-electron chi connectivity index (χ2n) is 3.99. The van der Waals surface area contributed by atoms with Crippen LogP contribution in [0.1, 0.15) is 45.4 Å². The number of carbonyl (C=O) groups excluding carboxylic acids is 1. The highest BCUT2D eigenvalue weighted by atomic mass is 16.5. The van der Waals surface area contributed by atoms with Crippen molar-refractivity contribution in [1.82, 2.24) is 0 Å². The highest BCUT2D eigenvalue weighted by Crippen LogP contribution is 2.22. The first-order chi connectivity index (χ1) is 6.72. The molecule has 1 fully saturated rings. The van der Waals surface area contributed by atoms with Crippen LogP contribution in [0.15, 0.2) is 0 Å². The van der Waals surface area contributed by atoms with Crippen LogP contribution in [0.3, 0.4) is 0 Å². The van der Waals surface area contributed by atoms with Gasteiger partial charge in [-0.15, -0.1) is 0 Å². The standard InChI is InChI=1S/C11H20O3/c1-9(8-11(12)13-2)14-10-6-4-3-5-7-10/h9-10H,3-8H2,1-2H3. The van der Waals surface area contributed by atoms with Crippen LogP contribution in [0.4, 0.5) is 0 Å². The normalized spacial score (nSPS) is 20.4. The molecule has 0 aromatic rings. The molecular weight excluding hydrogens is 180 g/mol. The van der Waals surface area contributed by atoms with Crippen LogP contribution in [0, 0.1) is 0 Å². The molecule has 3 heteroatoms. The van der Waals surface area contributed by atoms with Gasteiger partial charge in [-0.1, -0.05) is 19.3 Å². The van der Waals surface area contributed by atoms with E-state index in [0.717, 1.165) is 12.8 Å². The van der Waals surface area contributed by atoms with Crippen molar-refractivity contribution in [3.8, 4) is 0 Å². The Morgan fingerprint density at radius 1 is 1.36 bits per heavy atom. The van der Waals surface area contributed by atoms with Gasteiger partial charge < -0.3 is 9.47 Å². The van der Waals surface area contributed by atoms with Crippen molar-refractivity contribution in [2.45, 2.75) is 57.7 Å². The van der Waals surface area contributed by atoms with Crippen molar-refractivity contribution in [3.05, 3.63) is 0 Å². The predicted octanol–water partition coefficient (Wildman–Crippen LogP) is 2.29. The van der Waals surface area contributed by atoms with Gasteiger partial charge in [0.25, 0.3) is 0 Å². The monoisotopic (exact) mass is 200 g/mol. The molecular formula is C11H20O3. The van der Waals surface area contributed by atoms with E-state index in [1.165, 1.54) is 26.4 Å². The quantitative estimate of drug-likeness (QED) is 0.653. The Bertz CT molecular complexity index is 173. The van der Waals surface area contributed by atoms with Crippen LogP contribution in [-0.4, -0.2) is 25.3 Å². The highest BCUT2D eigenvalue weighted by molar-refractivity contribution is 5.69. The second kappa shape index (κ2) is 6.02. The third kappa shape index (κ3) is 4.09. The molecule has 1 unspecified atom stereocenters. The van der Waals surface area contributed by atoms with E-state index in [4.69, 9.17) is 4.74 Å². The maximum atomic E-state index is 11.0. The molecule has 0 aliphatic heterocycles. The van der Waals surface area contributed by atoms with Gasteiger partial charge in [0.2, 0.25) is 0 Å². The topological polar surface area (TPSA) is 35.5 Å². The van der Waals surface area contributed by atoms with E-state index in [9.17, 15) is 4.79 Å². The Morgan fingerprint density at radius 3 is 2.57 bits per heavy atom. The summed E-state index contributed by atoms with van der Waals surface area (Å²) < 4.78 is 10.4. The van der Waals surface area contributed by atoms with E-state index >= 15 is 0 Å². The molecule has 0 bridgehead atoms. The van der Waals surface area contributed by atoms with Crippen molar-refractivity contribution in [2.24, 2.45) is 0 Å². The number of ether oxygens (including phenoxy) is 2. The summed E-state index contributed by atoms with van der Waals surface area (Å²) in [5.41, 5.74) is 0. The summed E-state index contributed by atoms with van der Waals surface area (Å²) in [6.07, 6.45) is 6.86. The van der Waals surface area contributed by atoms with Crippen molar-refractivity contribution in [3.63, 3.8) is 0 Å². The molecule has 3 nitrogen and oxygen atoms in total. The smallest absolute Gasteiger partial charge is 0.308 e. The molecule has 0 spiro atoms. The molecule has 1 aliphatic rings. The zero-order chi connectivity index (χ0) is 10.4. The number of carbonyl (C=O) groups is 1. The van der Waals surface area contributed by atoms with Crippen molar-refractivity contribution in [1.29, 1.82) is 0 Å². The van der Waals surface area contributed by atoms with Gasteiger partial charge >= 0.3 is 5.97 Å². The van der Waals surface area contributed by atoms with Gasteiger partial charge in [0.15, 0.2) is 0 Å². The molecule has 82 valence electrons. The van der Waals surface area contributed by atoms with E-state index < -0.39 is 0 Å². The fraction of sp³-hybridized carbons (Fsp3) is 0.909. The first-order valence-corrected chi connectivity index (χ1v) is 5.44. The summed E-state index contributed by atoms with van der Waals surface area (Å²) in [7, 11) is 1.41. The maximum Gasteiger partial charge on any atom is 0.308 e. The summed E-state index contributed by atoms with van der Waals surface area (Å²) in [5.74, 6) is -0.187. The van der Waals surface area contributed by atoms with Crippen molar-refractivity contribution >= 4 is 5.97 Å². The molecule has 0 radical (unpaired) electrons. The molecule has 1 atom stereocenters. The lowest BCUT2D eigenvalue weighted by Crippen LogP contribution is -2.24. The Labute approximate surface area is 85.8 Å². The van der Waals surface area contributed by atoms with Crippen molar-refractivity contribution in [2.75, 3.05) is 7.11 Å². The number of hydrogen-bond acceptors (Lipinski definition) is 3. The lowest BCUT2D eigenvalue weighted by Gasteiger charge is -2.25. The lowest BCUT2D eigenvalue weighted by molar-refractivity contribution is -0.144. The van der Waals surface area contributed by atoms with Gasteiger partial charge in [-0.25, -0.2) is 0 Å². The summed E-state index contributed by atoms with van der Waals surface area (Å²) in [4.78, 5) is 11.0. The molecule has 1 aliphatic carbocycles. The van der Waals surface area contributed by atoms with Gasteiger partial charge in [0.1, 0.15) is 0 Å². The first-order valence-electron chi connectivity index (χ1n) is 5.44. The van der Waals surface area contributed by atoms with Crippen LogP contribution in [0.2, 0.25) is 0 Å². The van der Waals surface area contributed by atoms with Crippen molar-refractivity contribution < 1.29 is 14.3 Å². The van der Waals surface area contributed by atoms with E-state index in [-0.39, 0.29) is 12.1 Å². The summed E-state index contributed by atoms with van der Waals surface area (Å²) in [6.45, 7) is 1.94. The van der Waals surface area contributed by atoms with E-state index in [2.05, 4.69) is 4.74 Å². The molecule has 0 N–H and O–H groups in total. The molecule has 1 rings (SSSR count). The predicted molar refractivity (Wildman–Crippen MR) is 54.1 cm³/mol. The van der Waals surface area contributed by atoms with E-state index in [1.54, 1.807) is 0 Å². The number of hydrogen-bond donors (Lipinski definition) is 0. The minimum atomic E-state index is -0.187. The molecule has 14 heavy (non-hydrogen) atoms. The van der Waals surface area contributed by atoms with Crippen LogP contribution >= 0.6 is 0 Å². The van der Waals surface area contributed by atoms with Gasteiger partial charge in [-0.05, 0) is 19.8 Å². The molecule has 0 heterocycles. The third-order valence-electron chi connectivity index (χ3n) is 2.66. The van der Waals surface area contributed by atoms with Crippen LogP contribution < -0.4 is 0 Å². The average Bonchev–Trinajstić information content (AvgIpc) is 2.19. The molecule has 1 saturated carbocycles. The van der Waals surface area contributed by atoms with Crippen LogP contribution in [0.5, 0.6) is 0 Å². The first kappa shape index (κ1) is 11.5. The maximum absolute atomic E-state index is 11.0. The fourth-order valence-electron chi connectivity index (χ4n) is 1.90. The average molecular weight is 200 g/mol. The van der Waals surface area contributed by atoms with E-state index in [1.807, 2.05) is 6.92 Å². The molecule has 0 aromatic carbocycles.